The molecular formula is C19H19ClN2O3. The first-order chi connectivity index (χ1) is 12.0. The standard InChI is InChI=1S/C19H19ClN2O3/c1-12-5-4-6-13(9-12)25-11-18(23)21-22-19(24)16-10-15(16)14-7-2-3-8-17(14)20/h2-9,15-16H,10-11H2,1H3,(H,21,23)(H,22,24). The molecule has 1 aliphatic carbocycles. The number of amides is 2. The van der Waals surface area contributed by atoms with Gasteiger partial charge in [0.05, 0.1) is 0 Å². The maximum Gasteiger partial charge on any atom is 0.276 e. The number of nitrogens with one attached hydrogen (secondary N) is 2. The molecule has 1 saturated carbocycles. The molecule has 6 heteroatoms. The lowest BCUT2D eigenvalue weighted by Gasteiger charge is -2.09. The zero-order chi connectivity index (χ0) is 17.8. The number of ether oxygens (including phenoxy) is 1. The van der Waals surface area contributed by atoms with Crippen molar-refractivity contribution in [3.63, 3.8) is 0 Å². The van der Waals surface area contributed by atoms with Crippen molar-refractivity contribution in [1.82, 2.24) is 10.9 Å². The molecule has 0 aliphatic heterocycles. The minimum atomic E-state index is -0.412. The fourth-order valence-electron chi connectivity index (χ4n) is 2.72. The summed E-state index contributed by atoms with van der Waals surface area (Å²) in [6, 6.07) is 14.9. The molecule has 0 heterocycles. The van der Waals surface area contributed by atoms with Gasteiger partial charge in [0.15, 0.2) is 6.61 Å². The third-order valence-corrected chi connectivity index (χ3v) is 4.46. The van der Waals surface area contributed by atoms with Gasteiger partial charge in [-0.3, -0.25) is 20.4 Å². The molecule has 5 nitrogen and oxygen atoms in total. The Hall–Kier alpha value is -2.53. The molecule has 1 fully saturated rings. The zero-order valence-corrected chi connectivity index (χ0v) is 14.5. The summed E-state index contributed by atoms with van der Waals surface area (Å²) in [5, 5.41) is 0.665. The van der Waals surface area contributed by atoms with Crippen LogP contribution in [0.3, 0.4) is 0 Å². The van der Waals surface area contributed by atoms with E-state index < -0.39 is 5.91 Å². The molecule has 0 radical (unpaired) electrons. The van der Waals surface area contributed by atoms with Crippen LogP contribution < -0.4 is 15.6 Å². The van der Waals surface area contributed by atoms with Crippen LogP contribution in [0.2, 0.25) is 5.02 Å². The van der Waals surface area contributed by atoms with Crippen molar-refractivity contribution in [1.29, 1.82) is 0 Å². The number of carbonyl (C=O) groups excluding carboxylic acids is 2. The monoisotopic (exact) mass is 358 g/mol. The van der Waals surface area contributed by atoms with Gasteiger partial charge in [-0.2, -0.15) is 0 Å². The van der Waals surface area contributed by atoms with E-state index in [1.165, 1.54) is 0 Å². The number of carbonyl (C=O) groups is 2. The second-order valence-electron chi connectivity index (χ2n) is 6.11. The van der Waals surface area contributed by atoms with Crippen molar-refractivity contribution in [2.75, 3.05) is 6.61 Å². The van der Waals surface area contributed by atoms with Crippen LogP contribution in [0.4, 0.5) is 0 Å². The van der Waals surface area contributed by atoms with Gasteiger partial charge in [-0.1, -0.05) is 41.9 Å². The van der Waals surface area contributed by atoms with Crippen LogP contribution in [0.25, 0.3) is 0 Å². The molecule has 2 aromatic carbocycles. The SMILES string of the molecule is Cc1cccc(OCC(=O)NNC(=O)C2CC2c2ccccc2Cl)c1. The molecule has 130 valence electrons. The number of hydrogen-bond acceptors (Lipinski definition) is 3. The van der Waals surface area contributed by atoms with E-state index in [0.717, 1.165) is 17.5 Å². The highest BCUT2D eigenvalue weighted by molar-refractivity contribution is 6.31. The molecule has 0 spiro atoms. The largest absolute Gasteiger partial charge is 0.484 e. The first-order valence-electron chi connectivity index (χ1n) is 8.07. The van der Waals surface area contributed by atoms with Crippen molar-refractivity contribution in [3.8, 4) is 5.75 Å². The number of rotatable bonds is 5. The smallest absolute Gasteiger partial charge is 0.276 e. The molecule has 0 saturated heterocycles. The van der Waals surface area contributed by atoms with Crippen LogP contribution in [-0.4, -0.2) is 18.4 Å². The van der Waals surface area contributed by atoms with Gasteiger partial charge in [-0.15, -0.1) is 0 Å². The van der Waals surface area contributed by atoms with E-state index in [-0.39, 0.29) is 24.3 Å². The molecule has 1 aliphatic rings. The van der Waals surface area contributed by atoms with Gasteiger partial charge in [-0.25, -0.2) is 0 Å². The highest BCUT2D eigenvalue weighted by atomic mass is 35.5. The molecule has 2 unspecified atom stereocenters. The third kappa shape index (κ3) is 4.51. The average molecular weight is 359 g/mol. The molecule has 2 amide bonds. The molecule has 2 atom stereocenters. The summed E-state index contributed by atoms with van der Waals surface area (Å²) in [5.41, 5.74) is 6.85. The van der Waals surface area contributed by atoms with Gasteiger partial charge in [0, 0.05) is 10.9 Å². The van der Waals surface area contributed by atoms with Gasteiger partial charge in [0.25, 0.3) is 5.91 Å². The normalized spacial score (nSPS) is 18.3. The van der Waals surface area contributed by atoms with E-state index in [0.29, 0.717) is 10.8 Å². The van der Waals surface area contributed by atoms with E-state index in [9.17, 15) is 9.59 Å². The Morgan fingerprint density at radius 2 is 1.96 bits per heavy atom. The highest BCUT2D eigenvalue weighted by Gasteiger charge is 2.44. The van der Waals surface area contributed by atoms with E-state index >= 15 is 0 Å². The number of hydrogen-bond donors (Lipinski definition) is 2. The Labute approximate surface area is 151 Å². The second kappa shape index (κ2) is 7.57. The lowest BCUT2D eigenvalue weighted by atomic mass is 10.1. The zero-order valence-electron chi connectivity index (χ0n) is 13.8. The Balaban J connectivity index is 1.42. The summed E-state index contributed by atoms with van der Waals surface area (Å²) in [6.45, 7) is 1.78. The lowest BCUT2D eigenvalue weighted by molar-refractivity contribution is -0.130. The van der Waals surface area contributed by atoms with Crippen LogP contribution in [-0.2, 0) is 9.59 Å². The van der Waals surface area contributed by atoms with Gasteiger partial charge in [0.2, 0.25) is 5.91 Å². The average Bonchev–Trinajstić information content (AvgIpc) is 3.39. The molecule has 0 aromatic heterocycles. The van der Waals surface area contributed by atoms with Crippen LogP contribution in [0.15, 0.2) is 48.5 Å². The Morgan fingerprint density at radius 1 is 1.16 bits per heavy atom. The van der Waals surface area contributed by atoms with Gasteiger partial charge < -0.3 is 4.74 Å². The van der Waals surface area contributed by atoms with E-state index in [4.69, 9.17) is 16.3 Å². The van der Waals surface area contributed by atoms with Gasteiger partial charge >= 0.3 is 0 Å². The van der Waals surface area contributed by atoms with Crippen LogP contribution >= 0.6 is 11.6 Å². The maximum absolute atomic E-state index is 12.1. The van der Waals surface area contributed by atoms with Crippen molar-refractivity contribution in [2.45, 2.75) is 19.3 Å². The first kappa shape index (κ1) is 17.3. The van der Waals surface area contributed by atoms with Crippen molar-refractivity contribution in [2.24, 2.45) is 5.92 Å². The molecule has 2 N–H and O–H groups in total. The van der Waals surface area contributed by atoms with Crippen molar-refractivity contribution >= 4 is 23.4 Å². The van der Waals surface area contributed by atoms with Crippen molar-refractivity contribution in [3.05, 3.63) is 64.7 Å². The third-order valence-electron chi connectivity index (χ3n) is 4.12. The quantitative estimate of drug-likeness (QED) is 0.807. The lowest BCUT2D eigenvalue weighted by Crippen LogP contribution is -2.44. The fourth-order valence-corrected chi connectivity index (χ4v) is 2.99. The summed E-state index contributed by atoms with van der Waals surface area (Å²) in [6.07, 6.45) is 0.727. The second-order valence-corrected chi connectivity index (χ2v) is 6.52. The summed E-state index contributed by atoms with van der Waals surface area (Å²) in [7, 11) is 0. The predicted molar refractivity (Wildman–Crippen MR) is 95.3 cm³/mol. The number of hydrazine groups is 1. The van der Waals surface area contributed by atoms with E-state index in [1.807, 2.05) is 49.4 Å². The molecular weight excluding hydrogens is 340 g/mol. The van der Waals surface area contributed by atoms with Crippen LogP contribution in [0.1, 0.15) is 23.5 Å². The number of aryl methyl sites for hydroxylation is 1. The summed E-state index contributed by atoms with van der Waals surface area (Å²) in [4.78, 5) is 23.9. The molecule has 3 rings (SSSR count). The summed E-state index contributed by atoms with van der Waals surface area (Å²) >= 11 is 6.15. The van der Waals surface area contributed by atoms with E-state index in [2.05, 4.69) is 10.9 Å². The van der Waals surface area contributed by atoms with Gasteiger partial charge in [-0.05, 0) is 48.6 Å². The van der Waals surface area contributed by atoms with E-state index in [1.54, 1.807) is 6.07 Å². The Kier molecular flexibility index (Phi) is 5.24. The molecule has 0 bridgehead atoms. The topological polar surface area (TPSA) is 67.4 Å². The molecule has 25 heavy (non-hydrogen) atoms. The minimum Gasteiger partial charge on any atom is -0.484 e. The minimum absolute atomic E-state index is 0.106. The highest BCUT2D eigenvalue weighted by Crippen LogP contribution is 2.49. The fraction of sp³-hybridized carbons (Fsp3) is 0.263. The summed E-state index contributed by atoms with van der Waals surface area (Å²) < 4.78 is 5.38. The van der Waals surface area contributed by atoms with Crippen LogP contribution in [0, 0.1) is 12.8 Å². The van der Waals surface area contributed by atoms with Crippen molar-refractivity contribution < 1.29 is 14.3 Å². The first-order valence-corrected chi connectivity index (χ1v) is 8.45. The van der Waals surface area contributed by atoms with Crippen LogP contribution in [0.5, 0.6) is 5.75 Å². The molecule has 2 aromatic rings. The Bertz CT molecular complexity index is 794. The van der Waals surface area contributed by atoms with Gasteiger partial charge in [0.1, 0.15) is 5.75 Å². The summed E-state index contributed by atoms with van der Waals surface area (Å²) in [5.74, 6) is -0.0758. The number of halogens is 1. The predicted octanol–water partition coefficient (Wildman–Crippen LogP) is 2.98. The maximum atomic E-state index is 12.1. The Morgan fingerprint density at radius 3 is 2.72 bits per heavy atom. The number of benzene rings is 2.